The molecule has 1 amide bonds. The molecule has 2 N–H and O–H groups in total. The van der Waals surface area contributed by atoms with Gasteiger partial charge in [-0.1, -0.05) is 11.6 Å². The van der Waals surface area contributed by atoms with Crippen molar-refractivity contribution < 1.29 is 45.0 Å². The van der Waals surface area contributed by atoms with Crippen LogP contribution in [0.25, 0.3) is 11.3 Å². The molecule has 16 heteroatoms. The zero-order chi connectivity index (χ0) is 29.9. The number of pyridine rings is 1. The van der Waals surface area contributed by atoms with E-state index in [9.17, 15) is 40.3 Å². The number of carbonyl (C=O) groups is 1. The molecule has 0 unspecified atom stereocenters. The molecule has 1 saturated carbocycles. The lowest BCUT2D eigenvalue weighted by molar-refractivity contribution is -0.135. The highest BCUT2D eigenvalue weighted by molar-refractivity contribution is 7.91. The van der Waals surface area contributed by atoms with E-state index < -0.39 is 51.6 Å². The molecule has 2 aromatic heterocycles. The Morgan fingerprint density at radius 3 is 2.52 bits per heavy atom. The molecule has 2 heterocycles. The third-order valence-corrected chi connectivity index (χ3v) is 8.78. The maximum absolute atomic E-state index is 13.2. The Balaban J connectivity index is 1.82. The van der Waals surface area contributed by atoms with Crippen molar-refractivity contribution in [3.63, 3.8) is 0 Å². The fourth-order valence-electron chi connectivity index (χ4n) is 4.59. The van der Waals surface area contributed by atoms with Gasteiger partial charge in [-0.15, -0.1) is 0 Å². The summed E-state index contributed by atoms with van der Waals surface area (Å²) >= 11 is 6.48. The van der Waals surface area contributed by atoms with Crippen LogP contribution in [0, 0.1) is 0 Å². The molecule has 0 radical (unpaired) electrons. The molecule has 1 aliphatic rings. The van der Waals surface area contributed by atoms with Crippen molar-refractivity contribution in [3.05, 3.63) is 28.7 Å². The van der Waals surface area contributed by atoms with E-state index in [1.54, 1.807) is 6.92 Å². The van der Waals surface area contributed by atoms with Crippen molar-refractivity contribution in [2.24, 2.45) is 0 Å². The Kier molecular flexibility index (Phi) is 10.0. The highest BCUT2D eigenvalue weighted by Crippen LogP contribution is 2.38. The molecular weight excluding hydrogens is 587 g/mol. The van der Waals surface area contributed by atoms with Crippen molar-refractivity contribution in [3.8, 4) is 17.0 Å². The molecule has 9 nitrogen and oxygen atoms in total. The summed E-state index contributed by atoms with van der Waals surface area (Å²) in [6, 6.07) is 1.10. The third kappa shape index (κ3) is 8.26. The first-order valence-corrected chi connectivity index (χ1v) is 14.8. The Hall–Kier alpha value is -2.52. The number of hydrogen-bond acceptors (Lipinski definition) is 7. The van der Waals surface area contributed by atoms with Gasteiger partial charge in [0, 0.05) is 43.7 Å². The van der Waals surface area contributed by atoms with E-state index in [1.165, 1.54) is 4.68 Å². The lowest BCUT2D eigenvalue weighted by Crippen LogP contribution is -2.47. The lowest BCUT2D eigenvalue weighted by Gasteiger charge is -2.35. The molecule has 0 bridgehead atoms. The molecule has 3 rings (SSSR count). The van der Waals surface area contributed by atoms with Crippen molar-refractivity contribution in [2.75, 3.05) is 12.8 Å². The van der Waals surface area contributed by atoms with Gasteiger partial charge in [-0.2, -0.15) is 27.1 Å². The van der Waals surface area contributed by atoms with E-state index >= 15 is 0 Å². The number of rotatable bonds is 11. The van der Waals surface area contributed by atoms with Crippen LogP contribution in [0.5, 0.6) is 5.75 Å². The SMILES string of the molecule is CCn1nc(C(=O)NCC2(O)CCC(S(C)(=O)=O)CC2)c(Cl)c1-c1cnc(CCCC(F)(F)F)cc1OC(F)F. The van der Waals surface area contributed by atoms with Crippen LogP contribution in [0.1, 0.15) is 61.6 Å². The van der Waals surface area contributed by atoms with Gasteiger partial charge >= 0.3 is 12.8 Å². The summed E-state index contributed by atoms with van der Waals surface area (Å²) in [4.78, 5) is 17.0. The monoisotopic (exact) mass is 616 g/mol. The highest BCUT2D eigenvalue weighted by atomic mass is 35.5. The van der Waals surface area contributed by atoms with Crippen LogP contribution in [-0.4, -0.2) is 70.6 Å². The molecule has 0 spiro atoms. The van der Waals surface area contributed by atoms with E-state index in [0.29, 0.717) is 0 Å². The number of ether oxygens (including phenoxy) is 1. The molecule has 2 aromatic rings. The van der Waals surface area contributed by atoms with Gasteiger partial charge in [0.05, 0.1) is 27.1 Å². The Morgan fingerprint density at radius 1 is 1.32 bits per heavy atom. The number of hydrogen-bond donors (Lipinski definition) is 2. The number of sulfone groups is 1. The van der Waals surface area contributed by atoms with Gasteiger partial charge in [-0.3, -0.25) is 14.5 Å². The molecule has 0 aromatic carbocycles. The van der Waals surface area contributed by atoms with Gasteiger partial charge < -0.3 is 15.2 Å². The number of carbonyl (C=O) groups excluding carboxylic acids is 1. The van der Waals surface area contributed by atoms with Gasteiger partial charge in [-0.25, -0.2) is 8.42 Å². The average molecular weight is 617 g/mol. The Morgan fingerprint density at radius 2 is 1.98 bits per heavy atom. The van der Waals surface area contributed by atoms with Crippen LogP contribution in [0.3, 0.4) is 0 Å². The van der Waals surface area contributed by atoms with Crippen molar-refractivity contribution in [2.45, 2.75) is 82.1 Å². The topological polar surface area (TPSA) is 123 Å². The number of nitrogens with zero attached hydrogens (tertiary/aromatic N) is 3. The van der Waals surface area contributed by atoms with Gasteiger partial charge in [0.1, 0.15) is 15.6 Å². The molecule has 0 saturated heterocycles. The summed E-state index contributed by atoms with van der Waals surface area (Å²) in [6.45, 7) is -1.65. The van der Waals surface area contributed by atoms with Crippen molar-refractivity contribution >= 4 is 27.3 Å². The zero-order valence-electron chi connectivity index (χ0n) is 21.8. The van der Waals surface area contributed by atoms with E-state index in [-0.39, 0.29) is 79.3 Å². The quantitative estimate of drug-likeness (QED) is 0.355. The predicted octanol–water partition coefficient (Wildman–Crippen LogP) is 4.55. The molecule has 40 heavy (non-hydrogen) atoms. The predicted molar refractivity (Wildman–Crippen MR) is 136 cm³/mol. The smallest absolute Gasteiger partial charge is 0.389 e. The number of aromatic nitrogens is 3. The van der Waals surface area contributed by atoms with Crippen molar-refractivity contribution in [1.29, 1.82) is 0 Å². The van der Waals surface area contributed by atoms with Crippen LogP contribution >= 0.6 is 11.6 Å². The highest BCUT2D eigenvalue weighted by Gasteiger charge is 2.37. The minimum Gasteiger partial charge on any atom is -0.434 e. The summed E-state index contributed by atoms with van der Waals surface area (Å²) < 4.78 is 93.3. The number of nitrogens with one attached hydrogen (secondary N) is 1. The first kappa shape index (κ1) is 32.0. The summed E-state index contributed by atoms with van der Waals surface area (Å²) in [7, 11) is -3.25. The average Bonchev–Trinajstić information content (AvgIpc) is 3.17. The number of alkyl halides is 5. The van der Waals surface area contributed by atoms with Crippen LogP contribution in [0.2, 0.25) is 5.02 Å². The van der Waals surface area contributed by atoms with Gasteiger partial charge in [0.25, 0.3) is 5.91 Å². The summed E-state index contributed by atoms with van der Waals surface area (Å²) in [5.74, 6) is -1.16. The summed E-state index contributed by atoms with van der Waals surface area (Å²) in [6.07, 6.45) is -2.81. The number of halogens is 6. The van der Waals surface area contributed by atoms with Gasteiger partial charge in [0.2, 0.25) is 0 Å². The summed E-state index contributed by atoms with van der Waals surface area (Å²) in [5, 5.41) is 16.8. The van der Waals surface area contributed by atoms with E-state index in [4.69, 9.17) is 11.6 Å². The van der Waals surface area contributed by atoms with E-state index in [2.05, 4.69) is 20.1 Å². The standard InChI is InChI=1S/C24H30ClF5N4O5S/c1-3-34-20(16-12-31-14(5-4-8-24(28,29)30)11-17(16)39-22(26)27)18(25)19(33-34)21(35)32-13-23(36)9-6-15(7-10-23)40(2,37)38/h11-12,15,22,36H,3-10,13H2,1-2H3,(H,32,35). The minimum atomic E-state index is -4.37. The van der Waals surface area contributed by atoms with Gasteiger partial charge in [0.15, 0.2) is 5.69 Å². The first-order valence-electron chi connectivity index (χ1n) is 12.5. The van der Waals surface area contributed by atoms with Crippen molar-refractivity contribution in [1.82, 2.24) is 20.1 Å². The molecule has 0 aliphatic heterocycles. The Labute approximate surface area is 233 Å². The van der Waals surface area contributed by atoms with Crippen LogP contribution < -0.4 is 10.1 Å². The first-order chi connectivity index (χ1) is 18.5. The minimum absolute atomic E-state index is 0.0340. The fourth-order valence-corrected chi connectivity index (χ4v) is 6.00. The molecule has 1 aliphatic carbocycles. The Bertz CT molecular complexity index is 1310. The van der Waals surface area contributed by atoms with Gasteiger partial charge in [-0.05, 0) is 45.4 Å². The maximum atomic E-state index is 13.2. The second kappa shape index (κ2) is 12.6. The number of aryl methyl sites for hydroxylation is 2. The van der Waals surface area contributed by atoms with Crippen LogP contribution in [0.4, 0.5) is 22.0 Å². The largest absolute Gasteiger partial charge is 0.434 e. The second-order valence-corrected chi connectivity index (χ2v) is 12.5. The molecule has 0 atom stereocenters. The second-order valence-electron chi connectivity index (χ2n) is 9.78. The summed E-state index contributed by atoms with van der Waals surface area (Å²) in [5.41, 5.74) is -1.50. The number of aliphatic hydroxyl groups is 1. The van der Waals surface area contributed by atoms with Crippen LogP contribution in [0.15, 0.2) is 12.3 Å². The number of amides is 1. The molecular formula is C24H30ClF5N4O5S. The molecule has 224 valence electrons. The van der Waals surface area contributed by atoms with E-state index in [0.717, 1.165) is 18.5 Å². The zero-order valence-corrected chi connectivity index (χ0v) is 23.3. The maximum Gasteiger partial charge on any atom is 0.389 e. The third-order valence-electron chi connectivity index (χ3n) is 6.74. The fraction of sp³-hybridized carbons (Fsp3) is 0.625. The van der Waals surface area contributed by atoms with E-state index in [1.807, 2.05) is 0 Å². The normalized spacial score (nSPS) is 20.1. The lowest BCUT2D eigenvalue weighted by atomic mass is 9.84. The molecule has 1 fully saturated rings. The van der Waals surface area contributed by atoms with Crippen LogP contribution in [-0.2, 0) is 22.8 Å².